The van der Waals surface area contributed by atoms with E-state index < -0.39 is 12.0 Å². The van der Waals surface area contributed by atoms with Gasteiger partial charge in [-0.15, -0.1) is 6.42 Å². The maximum Gasteiger partial charge on any atom is 0.343 e. The Balaban J connectivity index is 1.99. The van der Waals surface area contributed by atoms with Gasteiger partial charge < -0.3 is 9.64 Å². The van der Waals surface area contributed by atoms with Crippen LogP contribution in [0.2, 0.25) is 0 Å². The van der Waals surface area contributed by atoms with Crippen molar-refractivity contribution in [2.45, 2.75) is 39.7 Å². The van der Waals surface area contributed by atoms with Gasteiger partial charge in [-0.1, -0.05) is 47.8 Å². The van der Waals surface area contributed by atoms with Gasteiger partial charge in [0.15, 0.2) is 5.78 Å². The number of ether oxygens (including phenoxy) is 1. The zero-order valence-electron chi connectivity index (χ0n) is 17.8. The Hall–Kier alpha value is -2.85. The van der Waals surface area contributed by atoms with Crippen LogP contribution >= 0.6 is 15.9 Å². The zero-order chi connectivity index (χ0) is 22.3. The number of Topliss-reactive ketones (excluding diaryl/α,β-unsaturated/α-hetero) is 1. The van der Waals surface area contributed by atoms with E-state index in [1.165, 1.54) is 6.20 Å². The van der Waals surface area contributed by atoms with Crippen molar-refractivity contribution in [2.24, 2.45) is 5.41 Å². The van der Waals surface area contributed by atoms with E-state index in [0.29, 0.717) is 29.8 Å². The fourth-order valence-corrected chi connectivity index (χ4v) is 4.75. The summed E-state index contributed by atoms with van der Waals surface area (Å²) >= 11 is 3.47. The summed E-state index contributed by atoms with van der Waals surface area (Å²) in [6, 6.07) is 7.39. The largest absolute Gasteiger partial charge is 0.462 e. The maximum absolute atomic E-state index is 13.4. The van der Waals surface area contributed by atoms with Gasteiger partial charge in [0.1, 0.15) is 17.4 Å². The quantitative estimate of drug-likeness (QED) is 0.474. The molecule has 31 heavy (non-hydrogen) atoms. The number of nitrogens with zero attached hydrogens (tertiary/aromatic N) is 3. The Morgan fingerprint density at radius 1 is 1.32 bits per heavy atom. The molecule has 1 aliphatic heterocycles. The molecule has 0 amide bonds. The molecule has 4 rings (SSSR count). The molecule has 0 saturated carbocycles. The molecule has 2 aromatic rings. The van der Waals surface area contributed by atoms with Crippen LogP contribution in [0, 0.1) is 17.8 Å². The Morgan fingerprint density at radius 3 is 2.68 bits per heavy atom. The number of hydrogen-bond donors (Lipinski definition) is 0. The molecule has 0 saturated heterocycles. The molecule has 2 aliphatic rings. The zero-order valence-corrected chi connectivity index (χ0v) is 19.4. The molecular weight excluding hydrogens is 458 g/mol. The molecule has 1 atom stereocenters. The van der Waals surface area contributed by atoms with Gasteiger partial charge in [0.2, 0.25) is 0 Å². The van der Waals surface area contributed by atoms with Gasteiger partial charge in [-0.05, 0) is 36.5 Å². The normalized spacial score (nSPS) is 19.5. The first-order chi connectivity index (χ1) is 14.8. The van der Waals surface area contributed by atoms with E-state index in [1.807, 2.05) is 29.2 Å². The monoisotopic (exact) mass is 481 g/mol. The smallest absolute Gasteiger partial charge is 0.343 e. The highest BCUT2D eigenvalue weighted by Crippen LogP contribution is 2.49. The summed E-state index contributed by atoms with van der Waals surface area (Å²) < 4.78 is 7.96. The molecule has 1 aromatic heterocycles. The standard InChI is InChI=1S/C24H24BrN3O3/c1-5-11-27-18-12-24(3,4)13-19(29)20(18)21(15-7-9-16(25)10-8-15)28-22(27)17(14-26-28)23(30)31-6-2/h1,7-10,14,21H,6,11-13H2,2-4H3. The summed E-state index contributed by atoms with van der Waals surface area (Å²) in [6.07, 6.45) is 8.34. The summed E-state index contributed by atoms with van der Waals surface area (Å²) in [4.78, 5) is 28.0. The Labute approximate surface area is 190 Å². The van der Waals surface area contributed by atoms with Crippen molar-refractivity contribution in [3.8, 4) is 12.3 Å². The fourth-order valence-electron chi connectivity index (χ4n) is 4.48. The van der Waals surface area contributed by atoms with Crippen molar-refractivity contribution in [1.29, 1.82) is 0 Å². The highest BCUT2D eigenvalue weighted by atomic mass is 79.9. The summed E-state index contributed by atoms with van der Waals surface area (Å²) in [5.41, 5.74) is 2.62. The van der Waals surface area contributed by atoms with E-state index in [1.54, 1.807) is 11.6 Å². The maximum atomic E-state index is 13.4. The summed E-state index contributed by atoms with van der Waals surface area (Å²) in [6.45, 7) is 6.41. The fraction of sp³-hybridized carbons (Fsp3) is 0.375. The molecule has 1 unspecified atom stereocenters. The molecule has 0 radical (unpaired) electrons. The lowest BCUT2D eigenvalue weighted by Crippen LogP contribution is -2.42. The summed E-state index contributed by atoms with van der Waals surface area (Å²) in [5, 5.41) is 4.54. The molecule has 2 heterocycles. The number of ketones is 1. The molecule has 0 spiro atoms. The number of aromatic nitrogens is 2. The van der Waals surface area contributed by atoms with E-state index in [9.17, 15) is 9.59 Å². The van der Waals surface area contributed by atoms with Gasteiger partial charge in [-0.25, -0.2) is 9.48 Å². The average Bonchev–Trinajstić information content (AvgIpc) is 3.14. The molecule has 6 nitrogen and oxygen atoms in total. The number of fused-ring (bicyclic) bond motifs is 1. The third-order valence-electron chi connectivity index (χ3n) is 5.70. The number of rotatable bonds is 4. The van der Waals surface area contributed by atoms with E-state index in [-0.39, 0.29) is 24.3 Å². The number of esters is 1. The van der Waals surface area contributed by atoms with Crippen molar-refractivity contribution >= 4 is 33.5 Å². The Morgan fingerprint density at radius 2 is 2.03 bits per heavy atom. The lowest BCUT2D eigenvalue weighted by molar-refractivity contribution is -0.118. The third-order valence-corrected chi connectivity index (χ3v) is 6.22. The highest BCUT2D eigenvalue weighted by molar-refractivity contribution is 9.10. The average molecular weight is 482 g/mol. The molecule has 0 bridgehead atoms. The number of carbonyl (C=O) groups is 2. The van der Waals surface area contributed by atoms with E-state index in [0.717, 1.165) is 15.7 Å². The first kappa shape index (κ1) is 21.4. The van der Waals surface area contributed by atoms with Gasteiger partial charge in [-0.2, -0.15) is 5.10 Å². The number of anilines is 1. The van der Waals surface area contributed by atoms with Crippen LogP contribution in [0.4, 0.5) is 5.82 Å². The second-order valence-corrected chi connectivity index (χ2v) is 9.51. The van der Waals surface area contributed by atoms with Crippen LogP contribution in [-0.4, -0.2) is 34.7 Å². The number of benzene rings is 1. The molecule has 0 N–H and O–H groups in total. The molecule has 1 aromatic carbocycles. The Bertz CT molecular complexity index is 1120. The first-order valence-corrected chi connectivity index (χ1v) is 11.0. The number of allylic oxidation sites excluding steroid dienone is 2. The number of hydrogen-bond acceptors (Lipinski definition) is 5. The van der Waals surface area contributed by atoms with Crippen LogP contribution in [0.25, 0.3) is 0 Å². The first-order valence-electron chi connectivity index (χ1n) is 10.2. The van der Waals surface area contributed by atoms with Crippen LogP contribution in [0.15, 0.2) is 46.2 Å². The van der Waals surface area contributed by atoms with Gasteiger partial charge in [0, 0.05) is 22.2 Å². The minimum absolute atomic E-state index is 0.0834. The lowest BCUT2D eigenvalue weighted by atomic mass is 9.72. The summed E-state index contributed by atoms with van der Waals surface area (Å²) in [7, 11) is 0. The predicted molar refractivity (Wildman–Crippen MR) is 122 cm³/mol. The molecule has 0 fully saturated rings. The number of carbonyl (C=O) groups excluding carboxylic acids is 2. The summed E-state index contributed by atoms with van der Waals surface area (Å²) in [5.74, 6) is 2.89. The molecule has 1 aliphatic carbocycles. The predicted octanol–water partition coefficient (Wildman–Crippen LogP) is 4.51. The minimum Gasteiger partial charge on any atom is -0.462 e. The topological polar surface area (TPSA) is 64.4 Å². The number of terminal acetylenes is 1. The SMILES string of the molecule is C#CCN1C2=C(C(=O)CC(C)(C)C2)C(c2ccc(Br)cc2)n2ncc(C(=O)OCC)c21. The van der Waals surface area contributed by atoms with Gasteiger partial charge in [0.25, 0.3) is 0 Å². The van der Waals surface area contributed by atoms with Gasteiger partial charge in [-0.3, -0.25) is 4.79 Å². The molecule has 160 valence electrons. The van der Waals surface area contributed by atoms with Crippen LogP contribution in [0.1, 0.15) is 55.6 Å². The van der Waals surface area contributed by atoms with Crippen LogP contribution in [-0.2, 0) is 9.53 Å². The van der Waals surface area contributed by atoms with Gasteiger partial charge in [0.05, 0.1) is 19.3 Å². The van der Waals surface area contributed by atoms with Crippen LogP contribution in [0.5, 0.6) is 0 Å². The van der Waals surface area contributed by atoms with Crippen molar-refractivity contribution in [3.05, 3.63) is 57.3 Å². The van der Waals surface area contributed by atoms with E-state index in [2.05, 4.69) is 40.8 Å². The van der Waals surface area contributed by atoms with E-state index in [4.69, 9.17) is 11.2 Å². The second-order valence-electron chi connectivity index (χ2n) is 8.59. The van der Waals surface area contributed by atoms with Crippen molar-refractivity contribution in [1.82, 2.24) is 9.78 Å². The van der Waals surface area contributed by atoms with Crippen molar-refractivity contribution < 1.29 is 14.3 Å². The van der Waals surface area contributed by atoms with Crippen LogP contribution < -0.4 is 4.90 Å². The minimum atomic E-state index is -0.453. The van der Waals surface area contributed by atoms with Crippen LogP contribution in [0.3, 0.4) is 0 Å². The number of halogens is 1. The van der Waals surface area contributed by atoms with Crippen molar-refractivity contribution in [3.63, 3.8) is 0 Å². The third kappa shape index (κ3) is 3.70. The van der Waals surface area contributed by atoms with Gasteiger partial charge >= 0.3 is 5.97 Å². The molecule has 7 heteroatoms. The Kier molecular flexibility index (Phi) is 5.52. The van der Waals surface area contributed by atoms with Crippen molar-refractivity contribution in [2.75, 3.05) is 18.1 Å². The highest BCUT2D eigenvalue weighted by Gasteiger charge is 2.45. The molecular formula is C24H24BrN3O3. The lowest BCUT2D eigenvalue weighted by Gasteiger charge is -2.43. The second kappa shape index (κ2) is 8.01. The van der Waals surface area contributed by atoms with E-state index >= 15 is 0 Å².